The normalized spacial score (nSPS) is 12.2. The molecule has 0 spiro atoms. The molecule has 0 aromatic carbocycles. The van der Waals surface area contributed by atoms with E-state index in [1.54, 1.807) is 13.0 Å². The van der Waals surface area contributed by atoms with Crippen LogP contribution in [0, 0.1) is 11.3 Å². The molecular weight excluding hydrogens is 112 g/mol. The molecule has 2 nitrogen and oxygen atoms in total. The van der Waals surface area contributed by atoms with E-state index in [2.05, 4.69) is 0 Å². The van der Waals surface area contributed by atoms with Crippen LogP contribution in [0.3, 0.4) is 0 Å². The van der Waals surface area contributed by atoms with Gasteiger partial charge in [0.25, 0.3) is 0 Å². The lowest BCUT2D eigenvalue weighted by atomic mass is 10.1. The molecule has 3 N–H and O–H groups in total. The molecule has 0 fully saturated rings. The molecule has 0 aliphatic carbocycles. The zero-order valence-electron chi connectivity index (χ0n) is 6.23. The fourth-order valence-corrected chi connectivity index (χ4v) is 0.417. The van der Waals surface area contributed by atoms with E-state index in [1.165, 1.54) is 0 Å². The number of rotatable bonds is 2. The lowest BCUT2D eigenvalue weighted by Gasteiger charge is -2.02. The first kappa shape index (κ1) is 8.21. The first-order valence-electron chi connectivity index (χ1n) is 3.06. The number of nitrogens with one attached hydrogen (secondary N) is 1. The third kappa shape index (κ3) is 3.76. The third-order valence-electron chi connectivity index (χ3n) is 1.05. The summed E-state index contributed by atoms with van der Waals surface area (Å²) in [5.41, 5.74) is 6.83. The average molecular weight is 126 g/mol. The van der Waals surface area contributed by atoms with Gasteiger partial charge in [0.1, 0.15) is 0 Å². The maximum atomic E-state index is 7.06. The van der Waals surface area contributed by atoms with Crippen LogP contribution in [0.5, 0.6) is 0 Å². The van der Waals surface area contributed by atoms with E-state index in [4.69, 9.17) is 11.1 Å². The molecule has 9 heavy (non-hydrogen) atoms. The highest BCUT2D eigenvalue weighted by atomic mass is 14.6. The van der Waals surface area contributed by atoms with Crippen LogP contribution < -0.4 is 5.73 Å². The Bertz CT molecular complexity index is 134. The maximum Gasteiger partial charge on any atom is 0.0300 e. The Labute approximate surface area is 56.3 Å². The molecule has 0 radical (unpaired) electrons. The highest BCUT2D eigenvalue weighted by Crippen LogP contribution is 2.00. The summed E-state index contributed by atoms with van der Waals surface area (Å²) in [6.07, 6.45) is 1.69. The minimum atomic E-state index is 0.352. The molecule has 0 aliphatic heterocycles. The number of nitrogens with two attached hydrogens (primary N) is 1. The standard InChI is InChI=1S/C7H14N2/c1-5(2)7(9)4-6(3)8/h4-5,8H,9H2,1-3H3/b7-4-,8-6?. The predicted octanol–water partition coefficient (Wildman–Crippen LogP) is 1.52. The van der Waals surface area contributed by atoms with Gasteiger partial charge in [-0.1, -0.05) is 13.8 Å². The van der Waals surface area contributed by atoms with Gasteiger partial charge in [-0.3, -0.25) is 0 Å². The van der Waals surface area contributed by atoms with Crippen LogP contribution in [0.2, 0.25) is 0 Å². The van der Waals surface area contributed by atoms with E-state index < -0.39 is 0 Å². The molecule has 0 heterocycles. The lowest BCUT2D eigenvalue weighted by molar-refractivity contribution is 0.758. The molecule has 0 saturated carbocycles. The van der Waals surface area contributed by atoms with Crippen molar-refractivity contribution >= 4 is 5.71 Å². The number of hydrogen-bond acceptors (Lipinski definition) is 2. The highest BCUT2D eigenvalue weighted by Gasteiger charge is 1.95. The summed E-state index contributed by atoms with van der Waals surface area (Å²) in [7, 11) is 0. The maximum absolute atomic E-state index is 7.06. The van der Waals surface area contributed by atoms with E-state index in [9.17, 15) is 0 Å². The third-order valence-corrected chi connectivity index (χ3v) is 1.05. The summed E-state index contributed by atoms with van der Waals surface area (Å²) in [6, 6.07) is 0. The largest absolute Gasteiger partial charge is 0.402 e. The summed E-state index contributed by atoms with van der Waals surface area (Å²) in [5, 5.41) is 7.06. The monoisotopic (exact) mass is 126 g/mol. The topological polar surface area (TPSA) is 49.9 Å². The quantitative estimate of drug-likeness (QED) is 0.541. The zero-order valence-corrected chi connectivity index (χ0v) is 6.23. The molecule has 0 bridgehead atoms. The van der Waals surface area contributed by atoms with E-state index >= 15 is 0 Å². The molecule has 0 rings (SSSR count). The summed E-state index contributed by atoms with van der Waals surface area (Å²) >= 11 is 0. The minimum absolute atomic E-state index is 0.352. The van der Waals surface area contributed by atoms with Gasteiger partial charge in [0, 0.05) is 11.4 Å². The van der Waals surface area contributed by atoms with Crippen LogP contribution in [0.1, 0.15) is 20.8 Å². The van der Waals surface area contributed by atoms with Crippen molar-refractivity contribution in [1.82, 2.24) is 0 Å². The van der Waals surface area contributed by atoms with Crippen LogP contribution in [0.15, 0.2) is 11.8 Å². The van der Waals surface area contributed by atoms with E-state index in [0.717, 1.165) is 5.70 Å². The Morgan fingerprint density at radius 1 is 1.56 bits per heavy atom. The second kappa shape index (κ2) is 3.28. The van der Waals surface area contributed by atoms with Gasteiger partial charge in [0.2, 0.25) is 0 Å². The zero-order chi connectivity index (χ0) is 7.44. The van der Waals surface area contributed by atoms with Crippen molar-refractivity contribution in [2.45, 2.75) is 20.8 Å². The van der Waals surface area contributed by atoms with Gasteiger partial charge in [0.05, 0.1) is 0 Å². The van der Waals surface area contributed by atoms with Crippen LogP contribution >= 0.6 is 0 Å². The van der Waals surface area contributed by atoms with Crippen LogP contribution in [-0.2, 0) is 0 Å². The Hall–Kier alpha value is -0.790. The van der Waals surface area contributed by atoms with Crippen LogP contribution in [0.4, 0.5) is 0 Å². The molecule has 0 aliphatic rings. The molecule has 0 aromatic rings. The lowest BCUT2D eigenvalue weighted by Crippen LogP contribution is -2.06. The second-order valence-electron chi connectivity index (χ2n) is 2.48. The molecule has 52 valence electrons. The second-order valence-corrected chi connectivity index (χ2v) is 2.48. The Balaban J connectivity index is 4.00. The van der Waals surface area contributed by atoms with Gasteiger partial charge in [-0.25, -0.2) is 0 Å². The SMILES string of the molecule is CC(=N)/C=C(\N)C(C)C. The van der Waals surface area contributed by atoms with Gasteiger partial charge in [-0.2, -0.15) is 0 Å². The van der Waals surface area contributed by atoms with Crippen molar-refractivity contribution in [2.24, 2.45) is 11.7 Å². The molecular formula is C7H14N2. The fourth-order valence-electron chi connectivity index (χ4n) is 0.417. The van der Waals surface area contributed by atoms with Crippen LogP contribution in [0.25, 0.3) is 0 Å². The van der Waals surface area contributed by atoms with Crippen molar-refractivity contribution in [1.29, 1.82) is 5.41 Å². The summed E-state index contributed by atoms with van der Waals surface area (Å²) < 4.78 is 0. The molecule has 0 unspecified atom stereocenters. The van der Waals surface area contributed by atoms with Crippen molar-refractivity contribution in [3.05, 3.63) is 11.8 Å². The molecule has 0 atom stereocenters. The first-order chi connectivity index (χ1) is 4.04. The Kier molecular flexibility index (Phi) is 2.99. The average Bonchev–Trinajstić information content (AvgIpc) is 1.63. The van der Waals surface area contributed by atoms with Gasteiger partial charge in [-0.15, -0.1) is 0 Å². The summed E-state index contributed by atoms with van der Waals surface area (Å²) in [5.74, 6) is 0.352. The highest BCUT2D eigenvalue weighted by molar-refractivity contribution is 5.90. The van der Waals surface area contributed by atoms with Gasteiger partial charge >= 0.3 is 0 Å². The fraction of sp³-hybridized carbons (Fsp3) is 0.571. The molecule has 0 saturated heterocycles. The van der Waals surface area contributed by atoms with Gasteiger partial charge < -0.3 is 11.1 Å². The van der Waals surface area contributed by atoms with E-state index in [1.807, 2.05) is 13.8 Å². The van der Waals surface area contributed by atoms with Crippen molar-refractivity contribution in [3.8, 4) is 0 Å². The molecule has 0 amide bonds. The smallest absolute Gasteiger partial charge is 0.0300 e. The molecule has 2 heteroatoms. The van der Waals surface area contributed by atoms with E-state index in [-0.39, 0.29) is 0 Å². The summed E-state index contributed by atoms with van der Waals surface area (Å²) in [4.78, 5) is 0. The van der Waals surface area contributed by atoms with Crippen LogP contribution in [-0.4, -0.2) is 5.71 Å². The van der Waals surface area contributed by atoms with E-state index in [0.29, 0.717) is 11.6 Å². The van der Waals surface area contributed by atoms with Gasteiger partial charge in [0.15, 0.2) is 0 Å². The Morgan fingerprint density at radius 2 is 2.00 bits per heavy atom. The number of allylic oxidation sites excluding steroid dienone is 2. The minimum Gasteiger partial charge on any atom is -0.402 e. The Morgan fingerprint density at radius 3 is 2.11 bits per heavy atom. The van der Waals surface area contributed by atoms with Gasteiger partial charge in [-0.05, 0) is 18.9 Å². The predicted molar refractivity (Wildman–Crippen MR) is 40.5 cm³/mol. The first-order valence-corrected chi connectivity index (χ1v) is 3.06. The molecule has 0 aromatic heterocycles. The van der Waals surface area contributed by atoms with Crippen molar-refractivity contribution in [2.75, 3.05) is 0 Å². The summed E-state index contributed by atoms with van der Waals surface area (Å²) in [6.45, 7) is 5.73. The number of hydrogen-bond donors (Lipinski definition) is 2. The van der Waals surface area contributed by atoms with Crippen molar-refractivity contribution in [3.63, 3.8) is 0 Å². The van der Waals surface area contributed by atoms with Crippen molar-refractivity contribution < 1.29 is 0 Å².